The standard InChI is InChI=1S/C19H18FN3OS/c1-12(24)13-2-5-16(6-3-13)23-19(25)21-9-8-14-11-22-18-10-15(20)4-7-17(14)18/h2-7,10-11,22H,8-9H2,1H3,(H2,21,23,25). The zero-order valence-electron chi connectivity index (χ0n) is 13.7. The van der Waals surface area contributed by atoms with E-state index in [-0.39, 0.29) is 11.6 Å². The number of hydrogen-bond acceptors (Lipinski definition) is 2. The zero-order valence-corrected chi connectivity index (χ0v) is 14.5. The molecule has 4 nitrogen and oxygen atoms in total. The fourth-order valence-corrected chi connectivity index (χ4v) is 2.86. The second-order valence-corrected chi connectivity index (χ2v) is 6.18. The highest BCUT2D eigenvalue weighted by atomic mass is 32.1. The molecule has 0 fully saturated rings. The molecule has 1 heterocycles. The zero-order chi connectivity index (χ0) is 17.8. The molecule has 0 aliphatic heterocycles. The molecular formula is C19H18FN3OS. The average Bonchev–Trinajstić information content (AvgIpc) is 2.97. The molecular weight excluding hydrogens is 337 g/mol. The number of nitrogens with one attached hydrogen (secondary N) is 3. The van der Waals surface area contributed by atoms with Gasteiger partial charge in [-0.3, -0.25) is 4.79 Å². The number of carbonyl (C=O) groups excluding carboxylic acids is 1. The van der Waals surface area contributed by atoms with Crippen molar-refractivity contribution in [2.45, 2.75) is 13.3 Å². The van der Waals surface area contributed by atoms with Gasteiger partial charge in [0.05, 0.1) is 0 Å². The van der Waals surface area contributed by atoms with Gasteiger partial charge in [0, 0.05) is 34.9 Å². The predicted molar refractivity (Wildman–Crippen MR) is 103 cm³/mol. The molecule has 3 rings (SSSR count). The first kappa shape index (κ1) is 17.1. The number of thiocarbonyl (C=S) groups is 1. The van der Waals surface area contributed by atoms with Crippen LogP contribution in [0.2, 0.25) is 0 Å². The first-order chi connectivity index (χ1) is 12.0. The number of anilines is 1. The molecule has 0 unspecified atom stereocenters. The Labute approximate surface area is 150 Å². The van der Waals surface area contributed by atoms with Gasteiger partial charge in [0.15, 0.2) is 10.9 Å². The summed E-state index contributed by atoms with van der Waals surface area (Å²) in [6.45, 7) is 2.19. The number of fused-ring (bicyclic) bond motifs is 1. The number of carbonyl (C=O) groups is 1. The van der Waals surface area contributed by atoms with E-state index in [0.717, 1.165) is 28.6 Å². The molecule has 25 heavy (non-hydrogen) atoms. The monoisotopic (exact) mass is 355 g/mol. The van der Waals surface area contributed by atoms with Crippen LogP contribution < -0.4 is 10.6 Å². The summed E-state index contributed by atoms with van der Waals surface area (Å²) in [6, 6.07) is 11.9. The fraction of sp³-hybridized carbons (Fsp3) is 0.158. The molecule has 128 valence electrons. The number of ketones is 1. The summed E-state index contributed by atoms with van der Waals surface area (Å²) >= 11 is 5.28. The van der Waals surface area contributed by atoms with Gasteiger partial charge in [-0.25, -0.2) is 4.39 Å². The van der Waals surface area contributed by atoms with Crippen LogP contribution in [0.25, 0.3) is 10.9 Å². The van der Waals surface area contributed by atoms with Crippen LogP contribution in [0.1, 0.15) is 22.8 Å². The van der Waals surface area contributed by atoms with Crippen LogP contribution in [-0.4, -0.2) is 22.4 Å². The third-order valence-corrected chi connectivity index (χ3v) is 4.21. The van der Waals surface area contributed by atoms with E-state index in [0.29, 0.717) is 17.2 Å². The van der Waals surface area contributed by atoms with Crippen LogP contribution in [0.3, 0.4) is 0 Å². The van der Waals surface area contributed by atoms with Crippen LogP contribution in [0.15, 0.2) is 48.7 Å². The molecule has 6 heteroatoms. The number of aromatic nitrogens is 1. The van der Waals surface area contributed by atoms with E-state index in [2.05, 4.69) is 15.6 Å². The number of H-pyrrole nitrogens is 1. The van der Waals surface area contributed by atoms with Gasteiger partial charge in [0.1, 0.15) is 5.82 Å². The van der Waals surface area contributed by atoms with Crippen molar-refractivity contribution in [3.63, 3.8) is 0 Å². The number of benzene rings is 2. The van der Waals surface area contributed by atoms with E-state index < -0.39 is 0 Å². The Bertz CT molecular complexity index is 918. The van der Waals surface area contributed by atoms with Crippen molar-refractivity contribution >= 4 is 39.7 Å². The highest BCUT2D eigenvalue weighted by Gasteiger charge is 2.05. The number of aromatic amines is 1. The Kier molecular flexibility index (Phi) is 5.09. The van der Waals surface area contributed by atoms with Gasteiger partial charge in [0.2, 0.25) is 0 Å². The first-order valence-corrected chi connectivity index (χ1v) is 8.35. The molecule has 0 radical (unpaired) electrons. The molecule has 0 aliphatic rings. The molecule has 0 atom stereocenters. The maximum absolute atomic E-state index is 13.2. The number of rotatable bonds is 5. The molecule has 2 aromatic carbocycles. The van der Waals surface area contributed by atoms with Crippen molar-refractivity contribution in [2.75, 3.05) is 11.9 Å². The highest BCUT2D eigenvalue weighted by Crippen LogP contribution is 2.19. The van der Waals surface area contributed by atoms with Crippen molar-refractivity contribution in [1.29, 1.82) is 0 Å². The van der Waals surface area contributed by atoms with Crippen LogP contribution in [-0.2, 0) is 6.42 Å². The van der Waals surface area contributed by atoms with E-state index >= 15 is 0 Å². The lowest BCUT2D eigenvalue weighted by Gasteiger charge is -2.10. The summed E-state index contributed by atoms with van der Waals surface area (Å²) in [5, 5.41) is 7.76. The van der Waals surface area contributed by atoms with Crippen LogP contribution >= 0.6 is 12.2 Å². The van der Waals surface area contributed by atoms with E-state index in [9.17, 15) is 9.18 Å². The summed E-state index contributed by atoms with van der Waals surface area (Å²) < 4.78 is 13.2. The Morgan fingerprint density at radius 3 is 2.68 bits per heavy atom. The topological polar surface area (TPSA) is 56.9 Å². The smallest absolute Gasteiger partial charge is 0.170 e. The van der Waals surface area contributed by atoms with Gasteiger partial charge >= 0.3 is 0 Å². The minimum atomic E-state index is -0.250. The molecule has 0 amide bonds. The maximum atomic E-state index is 13.2. The van der Waals surface area contributed by atoms with Crippen molar-refractivity contribution < 1.29 is 9.18 Å². The molecule has 0 aliphatic carbocycles. The predicted octanol–water partition coefficient (Wildman–Crippen LogP) is 4.04. The van der Waals surface area contributed by atoms with E-state index in [1.165, 1.54) is 19.1 Å². The molecule has 0 bridgehead atoms. The molecule has 0 spiro atoms. The summed E-state index contributed by atoms with van der Waals surface area (Å²) in [5.41, 5.74) is 3.39. The second kappa shape index (κ2) is 7.44. The highest BCUT2D eigenvalue weighted by molar-refractivity contribution is 7.80. The second-order valence-electron chi connectivity index (χ2n) is 5.77. The maximum Gasteiger partial charge on any atom is 0.170 e. The van der Waals surface area contributed by atoms with Gasteiger partial charge in [0.25, 0.3) is 0 Å². The van der Waals surface area contributed by atoms with Gasteiger partial charge in [-0.1, -0.05) is 0 Å². The van der Waals surface area contributed by atoms with Gasteiger partial charge in [-0.05, 0) is 73.6 Å². The summed E-state index contributed by atoms with van der Waals surface area (Å²) in [7, 11) is 0. The molecule has 0 saturated heterocycles. The summed E-state index contributed by atoms with van der Waals surface area (Å²) in [4.78, 5) is 14.3. The van der Waals surface area contributed by atoms with Gasteiger partial charge < -0.3 is 15.6 Å². The molecule has 3 aromatic rings. The third-order valence-electron chi connectivity index (χ3n) is 3.96. The summed E-state index contributed by atoms with van der Waals surface area (Å²) in [5.74, 6) is -0.217. The van der Waals surface area contributed by atoms with Crippen LogP contribution in [0, 0.1) is 5.82 Å². The summed E-state index contributed by atoms with van der Waals surface area (Å²) in [6.07, 6.45) is 2.65. The van der Waals surface area contributed by atoms with Crippen LogP contribution in [0.5, 0.6) is 0 Å². The van der Waals surface area contributed by atoms with Crippen molar-refractivity contribution in [3.05, 3.63) is 65.6 Å². The van der Waals surface area contributed by atoms with Crippen LogP contribution in [0.4, 0.5) is 10.1 Å². The van der Waals surface area contributed by atoms with E-state index in [1.807, 2.05) is 18.3 Å². The molecule has 0 saturated carbocycles. The lowest BCUT2D eigenvalue weighted by Crippen LogP contribution is -2.30. The van der Waals surface area contributed by atoms with Crippen molar-refractivity contribution in [2.24, 2.45) is 0 Å². The Balaban J connectivity index is 1.52. The minimum absolute atomic E-state index is 0.0332. The Morgan fingerprint density at radius 1 is 1.20 bits per heavy atom. The first-order valence-electron chi connectivity index (χ1n) is 7.94. The Hall–Kier alpha value is -2.73. The van der Waals surface area contributed by atoms with E-state index in [4.69, 9.17) is 12.2 Å². The SMILES string of the molecule is CC(=O)c1ccc(NC(=S)NCCc2c[nH]c3cc(F)ccc23)cc1. The third kappa shape index (κ3) is 4.22. The molecule has 3 N–H and O–H groups in total. The number of Topliss-reactive ketones (excluding diaryl/α,β-unsaturated/α-hetero) is 1. The van der Waals surface area contributed by atoms with Gasteiger partial charge in [-0.15, -0.1) is 0 Å². The number of hydrogen-bond donors (Lipinski definition) is 3. The van der Waals surface area contributed by atoms with Gasteiger partial charge in [-0.2, -0.15) is 0 Å². The molecule has 1 aromatic heterocycles. The fourth-order valence-electron chi connectivity index (χ4n) is 2.64. The Morgan fingerprint density at radius 2 is 1.96 bits per heavy atom. The van der Waals surface area contributed by atoms with Crippen molar-refractivity contribution in [3.8, 4) is 0 Å². The lowest BCUT2D eigenvalue weighted by molar-refractivity contribution is 0.101. The number of halogens is 1. The normalized spacial score (nSPS) is 10.6. The largest absolute Gasteiger partial charge is 0.362 e. The average molecular weight is 355 g/mol. The quantitative estimate of drug-likeness (QED) is 0.478. The van der Waals surface area contributed by atoms with E-state index in [1.54, 1.807) is 18.2 Å². The van der Waals surface area contributed by atoms with Crippen molar-refractivity contribution in [1.82, 2.24) is 10.3 Å². The lowest BCUT2D eigenvalue weighted by atomic mass is 10.1. The minimum Gasteiger partial charge on any atom is -0.362 e.